The van der Waals surface area contributed by atoms with Gasteiger partial charge in [-0.25, -0.2) is 4.79 Å². The number of H-pyrrole nitrogens is 1. The molecule has 1 atom stereocenters. The zero-order valence-corrected chi connectivity index (χ0v) is 28.0. The molecule has 2 aromatic carbocycles. The van der Waals surface area contributed by atoms with Gasteiger partial charge >= 0.3 is 17.9 Å². The highest BCUT2D eigenvalue weighted by molar-refractivity contribution is 6.09. The van der Waals surface area contributed by atoms with Crippen LogP contribution in [0.3, 0.4) is 0 Å². The quantitative estimate of drug-likeness (QED) is 0.172. The van der Waals surface area contributed by atoms with Crippen LogP contribution in [0.2, 0.25) is 0 Å². The van der Waals surface area contributed by atoms with E-state index in [0.29, 0.717) is 5.69 Å². The van der Waals surface area contributed by atoms with Crippen LogP contribution in [0.1, 0.15) is 60.8 Å². The third-order valence-electron chi connectivity index (χ3n) is 8.35. The number of carbonyl (C=O) groups is 4. The maximum atomic E-state index is 14.0. The van der Waals surface area contributed by atoms with Crippen molar-refractivity contribution < 1.29 is 43.2 Å². The number of aryl methyl sites for hydroxylation is 1. The zero-order valence-electron chi connectivity index (χ0n) is 28.0. The number of rotatable bonds is 9. The molecule has 2 aliphatic rings. The predicted molar refractivity (Wildman–Crippen MR) is 178 cm³/mol. The summed E-state index contributed by atoms with van der Waals surface area (Å²) in [4.78, 5) is 62.6. The summed E-state index contributed by atoms with van der Waals surface area (Å²) in [5.74, 6) is -5.41. The summed E-state index contributed by atoms with van der Waals surface area (Å²) in [6, 6.07) is 10.6. The van der Waals surface area contributed by atoms with Gasteiger partial charge in [-0.05, 0) is 89.0 Å². The molecule has 0 saturated heterocycles. The molecule has 0 aliphatic carbocycles. The first kappa shape index (κ1) is 33.6. The number of pyridine rings is 1. The molecular weight excluding hydrogens is 632 g/mol. The summed E-state index contributed by atoms with van der Waals surface area (Å²) in [6.07, 6.45) is 3.48. The number of benzene rings is 2. The number of esters is 3. The Hall–Kier alpha value is -5.27. The number of hydrogen-bond acceptors (Lipinski definition) is 11. The number of carbonyl (C=O) groups excluding carboxylic acids is 4. The normalized spacial score (nSPS) is 17.5. The molecule has 0 radical (unpaired) electrons. The monoisotopic (exact) mass is 670 g/mol. The molecule has 256 valence electrons. The SMILES string of the molecule is Cc1[nH]c2ccc(NC(=O)c3cc4c5c(OC(C)(C)C)c3OC(=O)CC(O)(CC(=O)O4)C(=O)O5)cc2c1CCN(C)CCc1ccncc1. The van der Waals surface area contributed by atoms with Crippen LogP contribution < -0.4 is 24.3 Å². The molecule has 3 N–H and O–H groups in total. The fourth-order valence-electron chi connectivity index (χ4n) is 5.89. The average Bonchev–Trinajstić information content (AvgIpc) is 3.33. The van der Waals surface area contributed by atoms with E-state index in [9.17, 15) is 24.3 Å². The van der Waals surface area contributed by atoms with E-state index in [-0.39, 0.29) is 22.8 Å². The topological polar surface area (TPSA) is 169 Å². The minimum atomic E-state index is -2.55. The lowest BCUT2D eigenvalue weighted by molar-refractivity contribution is -0.168. The predicted octanol–water partition coefficient (Wildman–Crippen LogP) is 4.27. The molecule has 49 heavy (non-hydrogen) atoms. The molecule has 1 amide bonds. The minimum absolute atomic E-state index is 0.219. The van der Waals surface area contributed by atoms with Gasteiger partial charge in [0.25, 0.3) is 5.91 Å². The molecule has 0 saturated carbocycles. The Balaban J connectivity index is 1.31. The third-order valence-corrected chi connectivity index (χ3v) is 8.35. The Morgan fingerprint density at radius 3 is 2.41 bits per heavy atom. The van der Waals surface area contributed by atoms with E-state index in [1.54, 1.807) is 39.2 Å². The maximum Gasteiger partial charge on any atom is 0.345 e. The first-order chi connectivity index (χ1) is 23.2. The Bertz CT molecular complexity index is 1960. The van der Waals surface area contributed by atoms with Gasteiger partial charge in [-0.1, -0.05) is 0 Å². The van der Waals surface area contributed by atoms with E-state index in [2.05, 4.69) is 27.2 Å². The summed E-state index contributed by atoms with van der Waals surface area (Å²) in [5.41, 5.74) is 1.01. The van der Waals surface area contributed by atoms with Gasteiger partial charge in [-0.3, -0.25) is 19.4 Å². The molecule has 2 aliphatic heterocycles. The van der Waals surface area contributed by atoms with E-state index >= 15 is 0 Å². The number of aromatic amines is 1. The van der Waals surface area contributed by atoms with E-state index in [1.165, 1.54) is 5.56 Å². The number of hydrogen-bond donors (Lipinski definition) is 3. The zero-order chi connectivity index (χ0) is 35.1. The summed E-state index contributed by atoms with van der Waals surface area (Å²) in [5, 5.41) is 14.7. The number of amides is 1. The first-order valence-electron chi connectivity index (χ1n) is 15.9. The van der Waals surface area contributed by atoms with Gasteiger partial charge < -0.3 is 39.3 Å². The van der Waals surface area contributed by atoms with E-state index in [1.807, 2.05) is 31.2 Å². The van der Waals surface area contributed by atoms with Crippen molar-refractivity contribution in [3.63, 3.8) is 0 Å². The number of ether oxygens (including phenoxy) is 4. The van der Waals surface area contributed by atoms with Crippen LogP contribution in [0.4, 0.5) is 5.69 Å². The van der Waals surface area contributed by atoms with Gasteiger partial charge in [-0.2, -0.15) is 0 Å². The highest BCUT2D eigenvalue weighted by Crippen LogP contribution is 2.51. The lowest BCUT2D eigenvalue weighted by Gasteiger charge is -2.28. The van der Waals surface area contributed by atoms with Crippen molar-refractivity contribution in [2.24, 2.45) is 0 Å². The number of likely N-dealkylation sites (N-methyl/N-ethyl adjacent to an activating group) is 1. The fourth-order valence-corrected chi connectivity index (χ4v) is 5.89. The van der Waals surface area contributed by atoms with Crippen molar-refractivity contribution in [1.29, 1.82) is 0 Å². The molecule has 2 aromatic heterocycles. The average molecular weight is 671 g/mol. The van der Waals surface area contributed by atoms with Crippen LogP contribution in [0.5, 0.6) is 23.0 Å². The molecule has 3 bridgehead atoms. The fraction of sp³-hybridized carbons (Fsp3) is 0.361. The van der Waals surface area contributed by atoms with E-state index < -0.39 is 53.6 Å². The Morgan fingerprint density at radius 1 is 1.00 bits per heavy atom. The summed E-state index contributed by atoms with van der Waals surface area (Å²) < 4.78 is 22.6. The van der Waals surface area contributed by atoms with Crippen molar-refractivity contribution in [2.45, 2.75) is 64.6 Å². The molecule has 0 spiro atoms. The summed E-state index contributed by atoms with van der Waals surface area (Å²) in [6.45, 7) is 8.78. The lowest BCUT2D eigenvalue weighted by atomic mass is 9.95. The highest BCUT2D eigenvalue weighted by Gasteiger charge is 2.48. The van der Waals surface area contributed by atoms with Gasteiger partial charge in [-0.15, -0.1) is 0 Å². The smallest absolute Gasteiger partial charge is 0.345 e. The number of anilines is 1. The lowest BCUT2D eigenvalue weighted by Crippen LogP contribution is -2.47. The van der Waals surface area contributed by atoms with Gasteiger partial charge in [0.2, 0.25) is 11.5 Å². The minimum Gasteiger partial charge on any atom is -0.481 e. The van der Waals surface area contributed by atoms with E-state index in [0.717, 1.165) is 54.2 Å². The number of nitrogens with one attached hydrogen (secondary N) is 2. The Kier molecular flexibility index (Phi) is 8.90. The van der Waals surface area contributed by atoms with Crippen molar-refractivity contribution >= 4 is 40.4 Å². The van der Waals surface area contributed by atoms with Crippen molar-refractivity contribution in [2.75, 3.05) is 25.5 Å². The summed E-state index contributed by atoms with van der Waals surface area (Å²) in [7, 11) is 2.08. The van der Waals surface area contributed by atoms with Crippen LogP contribution in [-0.4, -0.2) is 75.1 Å². The number of fused-ring (bicyclic) bond motifs is 4. The molecule has 4 heterocycles. The van der Waals surface area contributed by atoms with Crippen molar-refractivity contribution in [3.8, 4) is 23.0 Å². The van der Waals surface area contributed by atoms with Gasteiger partial charge in [0.05, 0.1) is 18.4 Å². The third kappa shape index (κ3) is 7.27. The molecule has 1 unspecified atom stereocenters. The second kappa shape index (κ2) is 13.0. The van der Waals surface area contributed by atoms with Crippen molar-refractivity contribution in [1.82, 2.24) is 14.9 Å². The Morgan fingerprint density at radius 2 is 1.69 bits per heavy atom. The second-order valence-electron chi connectivity index (χ2n) is 13.4. The largest absolute Gasteiger partial charge is 0.481 e. The van der Waals surface area contributed by atoms with E-state index in [4.69, 9.17) is 18.9 Å². The van der Waals surface area contributed by atoms with Crippen LogP contribution in [0, 0.1) is 6.92 Å². The van der Waals surface area contributed by atoms with Crippen LogP contribution in [-0.2, 0) is 27.2 Å². The molecule has 4 aromatic rings. The van der Waals surface area contributed by atoms with Gasteiger partial charge in [0.15, 0.2) is 17.1 Å². The van der Waals surface area contributed by atoms with Crippen LogP contribution in [0.15, 0.2) is 48.8 Å². The van der Waals surface area contributed by atoms with Gasteiger partial charge in [0, 0.05) is 53.8 Å². The number of aromatic nitrogens is 2. The standard InChI is InChI=1S/C36H38N4O9/c1-20-23(11-15-40(5)14-10-21-8-12-37-13-9-21)24-16-22(6-7-26(24)38-20)39-33(43)25-17-27-31-32(49-35(2,3)4)30(25)47-29(42)19-36(45,34(44)48-31)18-28(41)46-27/h6-9,12-13,16-17,38,45H,10-11,14-15,18-19H2,1-5H3,(H,39,43). The molecule has 13 nitrogen and oxygen atoms in total. The van der Waals surface area contributed by atoms with Crippen molar-refractivity contribution in [3.05, 3.63) is 71.2 Å². The summed E-state index contributed by atoms with van der Waals surface area (Å²) >= 11 is 0. The molecule has 6 rings (SSSR count). The number of nitrogens with zero attached hydrogens (tertiary/aromatic N) is 2. The molecular formula is C36H38N4O9. The Labute approximate surface area is 282 Å². The maximum absolute atomic E-state index is 14.0. The van der Waals surface area contributed by atoms with Crippen LogP contribution in [0.25, 0.3) is 10.9 Å². The highest BCUT2D eigenvalue weighted by atomic mass is 16.6. The van der Waals surface area contributed by atoms with Crippen LogP contribution >= 0.6 is 0 Å². The first-order valence-corrected chi connectivity index (χ1v) is 15.9. The second-order valence-corrected chi connectivity index (χ2v) is 13.4. The molecule has 0 fully saturated rings. The molecule has 13 heteroatoms. The van der Waals surface area contributed by atoms with Gasteiger partial charge in [0.1, 0.15) is 5.60 Å². The number of aliphatic hydroxyl groups is 1.